The van der Waals surface area contributed by atoms with Crippen molar-refractivity contribution in [1.82, 2.24) is 5.32 Å². The van der Waals surface area contributed by atoms with Crippen molar-refractivity contribution in [3.05, 3.63) is 23.8 Å². The van der Waals surface area contributed by atoms with Gasteiger partial charge in [0.1, 0.15) is 11.5 Å². The molecule has 138 valence electrons. The lowest BCUT2D eigenvalue weighted by molar-refractivity contribution is -0.139. The third-order valence-electron chi connectivity index (χ3n) is 4.34. The van der Waals surface area contributed by atoms with Crippen molar-refractivity contribution in [1.29, 1.82) is 0 Å². The van der Waals surface area contributed by atoms with Crippen LogP contribution < -0.4 is 14.8 Å². The number of hydrogen-bond donors (Lipinski definition) is 2. The summed E-state index contributed by atoms with van der Waals surface area (Å²) in [6, 6.07) is 5.59. The van der Waals surface area contributed by atoms with Crippen molar-refractivity contribution in [2.45, 2.75) is 37.6 Å². The Balaban J connectivity index is 1.87. The van der Waals surface area contributed by atoms with Crippen LogP contribution in [0.5, 0.6) is 11.5 Å². The molecular weight excluding hydrogens is 326 g/mol. The van der Waals surface area contributed by atoms with E-state index in [1.165, 1.54) is 0 Å². The Labute approximate surface area is 147 Å². The minimum atomic E-state index is -0.936. The predicted octanol–water partition coefficient (Wildman–Crippen LogP) is 1.78. The van der Waals surface area contributed by atoms with Gasteiger partial charge in [-0.1, -0.05) is 6.07 Å². The number of aryl methyl sites for hydroxylation is 1. The highest BCUT2D eigenvalue weighted by atomic mass is 16.5. The van der Waals surface area contributed by atoms with Gasteiger partial charge < -0.3 is 24.6 Å². The number of ether oxygens (including phenoxy) is 3. The predicted molar refractivity (Wildman–Crippen MR) is 91.0 cm³/mol. The number of carbonyl (C=O) groups is 2. The van der Waals surface area contributed by atoms with Gasteiger partial charge in [0.25, 0.3) is 0 Å². The van der Waals surface area contributed by atoms with Gasteiger partial charge in [-0.05, 0) is 30.9 Å². The van der Waals surface area contributed by atoms with E-state index in [1.807, 2.05) is 18.2 Å². The number of aliphatic carboxylic acids is 1. The van der Waals surface area contributed by atoms with Gasteiger partial charge in [0, 0.05) is 19.1 Å². The monoisotopic (exact) mass is 351 g/mol. The lowest BCUT2D eigenvalue weighted by Crippen LogP contribution is -2.50. The van der Waals surface area contributed by atoms with Gasteiger partial charge in [0.15, 0.2) is 0 Å². The molecule has 1 saturated heterocycles. The number of carbonyl (C=O) groups excluding carboxylic acids is 1. The molecule has 1 atom stereocenters. The molecule has 1 aromatic carbocycles. The first-order chi connectivity index (χ1) is 12.0. The highest BCUT2D eigenvalue weighted by Crippen LogP contribution is 2.26. The molecule has 1 aliphatic heterocycles. The summed E-state index contributed by atoms with van der Waals surface area (Å²) >= 11 is 0. The lowest BCUT2D eigenvalue weighted by atomic mass is 9.94. The average molecular weight is 351 g/mol. The molecule has 1 aliphatic rings. The van der Waals surface area contributed by atoms with E-state index in [1.54, 1.807) is 14.2 Å². The quantitative estimate of drug-likeness (QED) is 0.704. The molecule has 7 heteroatoms. The SMILES string of the molecule is COc1ccc(CCCC(=O)NC2(CC(=O)O)CCOC2)c(OC)c1. The van der Waals surface area contributed by atoms with E-state index >= 15 is 0 Å². The van der Waals surface area contributed by atoms with Gasteiger partial charge in [-0.2, -0.15) is 0 Å². The second-order valence-corrected chi connectivity index (χ2v) is 6.23. The fraction of sp³-hybridized carbons (Fsp3) is 0.556. The van der Waals surface area contributed by atoms with E-state index in [-0.39, 0.29) is 18.9 Å². The standard InChI is InChI=1S/C18H25NO6/c1-23-14-7-6-13(15(10-14)24-2)4-3-5-16(20)19-18(11-17(21)22)8-9-25-12-18/h6-7,10H,3-5,8-9,11-12H2,1-2H3,(H,19,20)(H,21,22). The largest absolute Gasteiger partial charge is 0.497 e. The molecule has 1 fully saturated rings. The van der Waals surface area contributed by atoms with E-state index in [9.17, 15) is 9.59 Å². The van der Waals surface area contributed by atoms with Crippen LogP contribution in [-0.2, 0) is 20.7 Å². The summed E-state index contributed by atoms with van der Waals surface area (Å²) in [6.07, 6.45) is 2.04. The van der Waals surface area contributed by atoms with Crippen LogP contribution in [0.3, 0.4) is 0 Å². The Bertz CT molecular complexity index is 610. The molecule has 0 aliphatic carbocycles. The average Bonchev–Trinajstić information content (AvgIpc) is 3.02. The highest BCUT2D eigenvalue weighted by Gasteiger charge is 2.38. The third kappa shape index (κ3) is 5.35. The maximum Gasteiger partial charge on any atom is 0.305 e. The Kier molecular flexibility index (Phi) is 6.64. The smallest absolute Gasteiger partial charge is 0.305 e. The minimum absolute atomic E-state index is 0.120. The topological polar surface area (TPSA) is 94.1 Å². The second-order valence-electron chi connectivity index (χ2n) is 6.23. The van der Waals surface area contributed by atoms with Crippen LogP contribution in [0.15, 0.2) is 18.2 Å². The third-order valence-corrected chi connectivity index (χ3v) is 4.34. The number of amides is 1. The van der Waals surface area contributed by atoms with Crippen molar-refractivity contribution in [2.24, 2.45) is 0 Å². The number of methoxy groups -OCH3 is 2. The molecular formula is C18H25NO6. The fourth-order valence-corrected chi connectivity index (χ4v) is 3.03. The number of rotatable bonds is 9. The van der Waals surface area contributed by atoms with E-state index in [2.05, 4.69) is 5.32 Å². The van der Waals surface area contributed by atoms with E-state index in [0.29, 0.717) is 32.3 Å². The zero-order valence-corrected chi connectivity index (χ0v) is 14.7. The van der Waals surface area contributed by atoms with Gasteiger partial charge >= 0.3 is 5.97 Å². The summed E-state index contributed by atoms with van der Waals surface area (Å²) in [4.78, 5) is 23.3. The first-order valence-electron chi connectivity index (χ1n) is 8.29. The van der Waals surface area contributed by atoms with Crippen molar-refractivity contribution in [2.75, 3.05) is 27.4 Å². The molecule has 1 unspecified atom stereocenters. The Morgan fingerprint density at radius 1 is 1.32 bits per heavy atom. The fourth-order valence-electron chi connectivity index (χ4n) is 3.03. The van der Waals surface area contributed by atoms with E-state index in [0.717, 1.165) is 17.1 Å². The number of hydrogen-bond acceptors (Lipinski definition) is 5. The van der Waals surface area contributed by atoms with Gasteiger partial charge in [0.05, 0.1) is 32.8 Å². The molecule has 0 saturated carbocycles. The Hall–Kier alpha value is -2.28. The highest BCUT2D eigenvalue weighted by molar-refractivity contribution is 5.78. The molecule has 25 heavy (non-hydrogen) atoms. The first kappa shape index (κ1) is 19.1. The maximum absolute atomic E-state index is 12.2. The molecule has 7 nitrogen and oxygen atoms in total. The molecule has 1 aromatic rings. The van der Waals surface area contributed by atoms with Crippen molar-refractivity contribution in [3.8, 4) is 11.5 Å². The van der Waals surface area contributed by atoms with Crippen molar-refractivity contribution < 1.29 is 28.9 Å². The number of nitrogens with one attached hydrogen (secondary N) is 1. The van der Waals surface area contributed by atoms with Crippen molar-refractivity contribution in [3.63, 3.8) is 0 Å². The van der Waals surface area contributed by atoms with Crippen LogP contribution in [0, 0.1) is 0 Å². The minimum Gasteiger partial charge on any atom is -0.497 e. The summed E-state index contributed by atoms with van der Waals surface area (Å²) < 4.78 is 15.8. The molecule has 1 heterocycles. The van der Waals surface area contributed by atoms with Gasteiger partial charge in [0.2, 0.25) is 5.91 Å². The second kappa shape index (κ2) is 8.71. The van der Waals surface area contributed by atoms with Crippen LogP contribution in [0.4, 0.5) is 0 Å². The molecule has 1 amide bonds. The Morgan fingerprint density at radius 3 is 2.72 bits per heavy atom. The molecule has 0 radical (unpaired) electrons. The number of carboxylic acid groups (broad SMARTS) is 1. The first-order valence-corrected chi connectivity index (χ1v) is 8.29. The van der Waals surface area contributed by atoms with Crippen LogP contribution in [0.2, 0.25) is 0 Å². The van der Waals surface area contributed by atoms with Gasteiger partial charge in [-0.3, -0.25) is 9.59 Å². The summed E-state index contributed by atoms with van der Waals surface area (Å²) in [6.45, 7) is 0.716. The molecule has 2 N–H and O–H groups in total. The van der Waals surface area contributed by atoms with Crippen LogP contribution in [0.1, 0.15) is 31.2 Å². The van der Waals surface area contributed by atoms with Crippen LogP contribution in [-0.4, -0.2) is 50.0 Å². The number of carboxylic acids is 1. The van der Waals surface area contributed by atoms with E-state index < -0.39 is 11.5 Å². The molecule has 0 bridgehead atoms. The van der Waals surface area contributed by atoms with Gasteiger partial charge in [-0.15, -0.1) is 0 Å². The van der Waals surface area contributed by atoms with Crippen LogP contribution in [0.25, 0.3) is 0 Å². The summed E-state index contributed by atoms with van der Waals surface area (Å²) in [7, 11) is 3.19. The van der Waals surface area contributed by atoms with Crippen molar-refractivity contribution >= 4 is 11.9 Å². The normalized spacial score (nSPS) is 19.4. The molecule has 2 rings (SSSR count). The van der Waals surface area contributed by atoms with E-state index in [4.69, 9.17) is 19.3 Å². The Morgan fingerprint density at radius 2 is 2.12 bits per heavy atom. The maximum atomic E-state index is 12.2. The molecule has 0 aromatic heterocycles. The molecule has 0 spiro atoms. The van der Waals surface area contributed by atoms with Crippen LogP contribution >= 0.6 is 0 Å². The summed E-state index contributed by atoms with van der Waals surface area (Å²) in [5.74, 6) is 0.356. The zero-order valence-electron chi connectivity index (χ0n) is 14.7. The summed E-state index contributed by atoms with van der Waals surface area (Å²) in [5, 5.41) is 11.9. The van der Waals surface area contributed by atoms with Gasteiger partial charge in [-0.25, -0.2) is 0 Å². The zero-order chi connectivity index (χ0) is 18.3. The number of benzene rings is 1. The lowest BCUT2D eigenvalue weighted by Gasteiger charge is -2.27. The summed E-state index contributed by atoms with van der Waals surface area (Å²) in [5.41, 5.74) is 0.223.